The van der Waals surface area contributed by atoms with Gasteiger partial charge in [-0.1, -0.05) is 6.07 Å². The first-order chi connectivity index (χ1) is 11.2. The SMILES string of the molecule is CCN(CC)c1ccc(/C=N\NC(=O)c2cccnc2)cc1O. The zero-order chi connectivity index (χ0) is 16.7. The lowest BCUT2D eigenvalue weighted by atomic mass is 10.2. The molecule has 1 amide bonds. The number of carbonyl (C=O) groups excluding carboxylic acids is 1. The van der Waals surface area contributed by atoms with Gasteiger partial charge in [0.2, 0.25) is 0 Å². The number of hydrogen-bond donors (Lipinski definition) is 2. The van der Waals surface area contributed by atoms with Gasteiger partial charge >= 0.3 is 0 Å². The second kappa shape index (κ2) is 7.93. The van der Waals surface area contributed by atoms with Gasteiger partial charge in [-0.3, -0.25) is 9.78 Å². The molecule has 0 aliphatic carbocycles. The summed E-state index contributed by atoms with van der Waals surface area (Å²) >= 11 is 0. The summed E-state index contributed by atoms with van der Waals surface area (Å²) in [5, 5.41) is 14.0. The smallest absolute Gasteiger partial charge is 0.272 e. The lowest BCUT2D eigenvalue weighted by molar-refractivity contribution is 0.0955. The fourth-order valence-corrected chi connectivity index (χ4v) is 2.18. The van der Waals surface area contributed by atoms with Crippen LogP contribution in [0.2, 0.25) is 0 Å². The maximum absolute atomic E-state index is 11.8. The van der Waals surface area contributed by atoms with Crippen molar-refractivity contribution in [1.29, 1.82) is 0 Å². The van der Waals surface area contributed by atoms with Crippen LogP contribution in [-0.2, 0) is 0 Å². The number of nitrogens with one attached hydrogen (secondary N) is 1. The van der Waals surface area contributed by atoms with Crippen molar-refractivity contribution in [3.8, 4) is 5.75 Å². The Morgan fingerprint density at radius 3 is 2.74 bits per heavy atom. The second-order valence-corrected chi connectivity index (χ2v) is 4.86. The highest BCUT2D eigenvalue weighted by atomic mass is 16.3. The number of anilines is 1. The predicted molar refractivity (Wildman–Crippen MR) is 91.0 cm³/mol. The Morgan fingerprint density at radius 1 is 1.35 bits per heavy atom. The van der Waals surface area contributed by atoms with Crippen molar-refractivity contribution in [3.63, 3.8) is 0 Å². The molecule has 0 aliphatic heterocycles. The molecule has 0 radical (unpaired) electrons. The van der Waals surface area contributed by atoms with E-state index in [0.29, 0.717) is 11.1 Å². The Labute approximate surface area is 135 Å². The third kappa shape index (κ3) is 4.29. The number of pyridine rings is 1. The largest absolute Gasteiger partial charge is 0.506 e. The molecule has 120 valence electrons. The Kier molecular flexibility index (Phi) is 5.68. The minimum absolute atomic E-state index is 0.191. The fourth-order valence-electron chi connectivity index (χ4n) is 2.18. The highest BCUT2D eigenvalue weighted by Gasteiger charge is 2.08. The topological polar surface area (TPSA) is 77.8 Å². The zero-order valence-electron chi connectivity index (χ0n) is 13.2. The number of phenolic OH excluding ortho intramolecular Hbond substituents is 1. The standard InChI is InChI=1S/C17H20N4O2/c1-3-21(4-2)15-8-7-13(10-16(15)22)11-19-20-17(23)14-6-5-9-18-12-14/h5-12,22H,3-4H2,1-2H3,(H,20,23)/b19-11-. The molecule has 0 bridgehead atoms. The van der Waals surface area contributed by atoms with E-state index in [1.165, 1.54) is 12.4 Å². The number of nitrogens with zero attached hydrogens (tertiary/aromatic N) is 3. The second-order valence-electron chi connectivity index (χ2n) is 4.86. The Balaban J connectivity index is 2.03. The number of amides is 1. The van der Waals surface area contributed by atoms with Gasteiger partial charge in [-0.2, -0.15) is 5.10 Å². The van der Waals surface area contributed by atoms with Gasteiger partial charge in [0.05, 0.1) is 17.5 Å². The lowest BCUT2D eigenvalue weighted by Gasteiger charge is -2.22. The zero-order valence-corrected chi connectivity index (χ0v) is 13.2. The van der Waals surface area contributed by atoms with Crippen molar-refractivity contribution in [2.24, 2.45) is 5.10 Å². The van der Waals surface area contributed by atoms with Crippen LogP contribution in [0.25, 0.3) is 0 Å². The Bertz CT molecular complexity index is 682. The fraction of sp³-hybridized carbons (Fsp3) is 0.235. The summed E-state index contributed by atoms with van der Waals surface area (Å²) in [7, 11) is 0. The number of benzene rings is 1. The number of rotatable bonds is 6. The van der Waals surface area contributed by atoms with E-state index < -0.39 is 0 Å². The maximum atomic E-state index is 11.8. The molecule has 1 aromatic carbocycles. The van der Waals surface area contributed by atoms with E-state index in [4.69, 9.17) is 0 Å². The maximum Gasteiger partial charge on any atom is 0.272 e. The van der Waals surface area contributed by atoms with Crippen molar-refractivity contribution in [2.45, 2.75) is 13.8 Å². The van der Waals surface area contributed by atoms with Crippen molar-refractivity contribution in [2.75, 3.05) is 18.0 Å². The average Bonchev–Trinajstić information content (AvgIpc) is 2.58. The van der Waals surface area contributed by atoms with Crippen LogP contribution in [0.15, 0.2) is 47.8 Å². The molecule has 1 heterocycles. The summed E-state index contributed by atoms with van der Waals surface area (Å²) in [5.41, 5.74) is 4.34. The Hall–Kier alpha value is -2.89. The highest BCUT2D eigenvalue weighted by Crippen LogP contribution is 2.27. The van der Waals surface area contributed by atoms with Crippen LogP contribution >= 0.6 is 0 Å². The van der Waals surface area contributed by atoms with Gasteiger partial charge in [-0.25, -0.2) is 5.43 Å². The van der Waals surface area contributed by atoms with Crippen molar-refractivity contribution in [3.05, 3.63) is 53.9 Å². The molecule has 0 unspecified atom stereocenters. The van der Waals surface area contributed by atoms with E-state index in [-0.39, 0.29) is 11.7 Å². The van der Waals surface area contributed by atoms with Crippen molar-refractivity contribution in [1.82, 2.24) is 10.4 Å². The summed E-state index contributed by atoms with van der Waals surface area (Å²) in [6.45, 7) is 5.70. The lowest BCUT2D eigenvalue weighted by Crippen LogP contribution is -2.21. The summed E-state index contributed by atoms with van der Waals surface area (Å²) in [6.07, 6.45) is 4.55. The molecule has 2 rings (SSSR count). The van der Waals surface area contributed by atoms with E-state index in [1.54, 1.807) is 24.4 Å². The minimum Gasteiger partial charge on any atom is -0.506 e. The predicted octanol–water partition coefficient (Wildman–Crippen LogP) is 2.40. The molecule has 0 saturated heterocycles. The first kappa shape index (κ1) is 16.5. The highest BCUT2D eigenvalue weighted by molar-refractivity contribution is 5.94. The summed E-state index contributed by atoms with van der Waals surface area (Å²) in [5.74, 6) is -0.144. The van der Waals surface area contributed by atoms with Gasteiger partial charge in [0.1, 0.15) is 5.75 Å². The number of aromatic nitrogens is 1. The molecule has 0 atom stereocenters. The van der Waals surface area contributed by atoms with Crippen LogP contribution in [0.3, 0.4) is 0 Å². The van der Waals surface area contributed by atoms with E-state index in [2.05, 4.69) is 20.4 Å². The quantitative estimate of drug-likeness (QED) is 0.634. The molecule has 2 N–H and O–H groups in total. The van der Waals surface area contributed by atoms with E-state index in [0.717, 1.165) is 18.8 Å². The number of hydrazone groups is 1. The molecule has 6 heteroatoms. The average molecular weight is 312 g/mol. The summed E-state index contributed by atoms with van der Waals surface area (Å²) in [4.78, 5) is 17.7. The third-order valence-electron chi connectivity index (χ3n) is 3.41. The molecule has 0 aliphatic rings. The molecular formula is C17H20N4O2. The van der Waals surface area contributed by atoms with Gasteiger partial charge in [-0.15, -0.1) is 0 Å². The first-order valence-corrected chi connectivity index (χ1v) is 7.47. The molecular weight excluding hydrogens is 292 g/mol. The Morgan fingerprint density at radius 2 is 2.13 bits per heavy atom. The van der Waals surface area contributed by atoms with Gasteiger partial charge in [0.15, 0.2) is 0 Å². The first-order valence-electron chi connectivity index (χ1n) is 7.47. The van der Waals surface area contributed by atoms with Crippen LogP contribution in [0, 0.1) is 0 Å². The molecule has 2 aromatic rings. The number of aromatic hydroxyl groups is 1. The number of phenols is 1. The van der Waals surface area contributed by atoms with Crippen LogP contribution < -0.4 is 10.3 Å². The normalized spacial score (nSPS) is 10.7. The molecule has 0 saturated carbocycles. The number of hydrogen-bond acceptors (Lipinski definition) is 5. The van der Waals surface area contributed by atoms with Crippen LogP contribution in [-0.4, -0.2) is 35.3 Å². The van der Waals surface area contributed by atoms with Gasteiger partial charge in [0.25, 0.3) is 5.91 Å². The van der Waals surface area contributed by atoms with E-state index in [1.807, 2.05) is 26.0 Å². The monoisotopic (exact) mass is 312 g/mol. The molecule has 1 aromatic heterocycles. The van der Waals surface area contributed by atoms with E-state index >= 15 is 0 Å². The van der Waals surface area contributed by atoms with E-state index in [9.17, 15) is 9.90 Å². The van der Waals surface area contributed by atoms with Crippen LogP contribution in [0.4, 0.5) is 5.69 Å². The molecule has 23 heavy (non-hydrogen) atoms. The summed E-state index contributed by atoms with van der Waals surface area (Å²) < 4.78 is 0. The van der Waals surface area contributed by atoms with Crippen LogP contribution in [0.5, 0.6) is 5.75 Å². The molecule has 0 spiro atoms. The minimum atomic E-state index is -0.335. The van der Waals surface area contributed by atoms with Crippen molar-refractivity contribution < 1.29 is 9.90 Å². The summed E-state index contributed by atoms with van der Waals surface area (Å²) in [6, 6.07) is 8.64. The third-order valence-corrected chi connectivity index (χ3v) is 3.41. The molecule has 6 nitrogen and oxygen atoms in total. The van der Waals surface area contributed by atoms with Gasteiger partial charge in [-0.05, 0) is 43.7 Å². The van der Waals surface area contributed by atoms with Gasteiger partial charge < -0.3 is 10.0 Å². The van der Waals surface area contributed by atoms with Crippen LogP contribution in [0.1, 0.15) is 29.8 Å². The number of carbonyl (C=O) groups is 1. The molecule has 0 fully saturated rings. The van der Waals surface area contributed by atoms with Crippen molar-refractivity contribution >= 4 is 17.8 Å². The van der Waals surface area contributed by atoms with Gasteiger partial charge in [0, 0.05) is 25.5 Å².